The van der Waals surface area contributed by atoms with Crippen LogP contribution in [0.1, 0.15) is 13.8 Å². The Kier molecular flexibility index (Phi) is 4.57. The monoisotopic (exact) mass is 205 g/mol. The fourth-order valence-corrected chi connectivity index (χ4v) is 0.977. The summed E-state index contributed by atoms with van der Waals surface area (Å²) in [4.78, 5) is 15.9. The maximum absolute atomic E-state index is 10.7. The number of carbonyl (C=O) groups is 1. The Balaban J connectivity index is 2.34. The molecule has 80 valence electrons. The van der Waals surface area contributed by atoms with E-state index in [2.05, 4.69) is 5.48 Å². The number of benzene rings is 1. The molecule has 1 aromatic rings. The molecule has 0 saturated carbocycles. The molecule has 1 aromatic carbocycles. The summed E-state index contributed by atoms with van der Waals surface area (Å²) in [6.07, 6.45) is 3.06. The van der Waals surface area contributed by atoms with Crippen molar-refractivity contribution in [2.24, 2.45) is 0 Å². The van der Waals surface area contributed by atoms with Gasteiger partial charge in [-0.1, -0.05) is 24.3 Å². The Labute approximate surface area is 89.7 Å². The van der Waals surface area contributed by atoms with E-state index >= 15 is 0 Å². The van der Waals surface area contributed by atoms with Gasteiger partial charge in [0.2, 0.25) is 0 Å². The lowest BCUT2D eigenvalue weighted by Crippen LogP contribution is -2.10. The molecule has 1 rings (SSSR count). The van der Waals surface area contributed by atoms with Crippen molar-refractivity contribution >= 4 is 11.5 Å². The van der Waals surface area contributed by atoms with E-state index in [1.165, 1.54) is 13.0 Å². The predicted octanol–water partition coefficient (Wildman–Crippen LogP) is 2.56. The zero-order chi connectivity index (χ0) is 11.1. The molecule has 0 amide bonds. The smallest absolute Gasteiger partial charge is 0.152 e. The Morgan fingerprint density at radius 1 is 1.40 bits per heavy atom. The maximum Gasteiger partial charge on any atom is 0.152 e. The third-order valence-electron chi connectivity index (χ3n) is 1.74. The van der Waals surface area contributed by atoms with Gasteiger partial charge in [-0.2, -0.15) is 0 Å². The molecule has 1 N–H and O–H groups in total. The van der Waals surface area contributed by atoms with Crippen LogP contribution in [0.15, 0.2) is 42.5 Å². The molecular formula is C12H15NO2. The molecule has 15 heavy (non-hydrogen) atoms. The molecule has 3 heteroatoms. The quantitative estimate of drug-likeness (QED) is 0.593. The predicted molar refractivity (Wildman–Crippen MR) is 60.4 cm³/mol. The first-order chi connectivity index (χ1) is 7.18. The first-order valence-electron chi connectivity index (χ1n) is 4.84. The van der Waals surface area contributed by atoms with Crippen molar-refractivity contribution in [3.05, 3.63) is 42.5 Å². The second-order valence-electron chi connectivity index (χ2n) is 3.26. The molecule has 0 spiro atoms. The lowest BCUT2D eigenvalue weighted by atomic mass is 10.3. The Morgan fingerprint density at radius 2 is 2.07 bits per heavy atom. The van der Waals surface area contributed by atoms with Crippen molar-refractivity contribution in [1.29, 1.82) is 0 Å². The minimum absolute atomic E-state index is 0.0187. The molecule has 0 aromatic heterocycles. The van der Waals surface area contributed by atoms with Gasteiger partial charge in [-0.15, -0.1) is 0 Å². The first-order valence-corrected chi connectivity index (χ1v) is 4.84. The molecule has 0 fully saturated rings. The van der Waals surface area contributed by atoms with Crippen LogP contribution in [0.3, 0.4) is 0 Å². The van der Waals surface area contributed by atoms with E-state index in [0.29, 0.717) is 0 Å². The summed E-state index contributed by atoms with van der Waals surface area (Å²) in [6.45, 7) is 3.36. The van der Waals surface area contributed by atoms with Crippen LogP contribution < -0.4 is 5.48 Å². The molecular weight excluding hydrogens is 190 g/mol. The van der Waals surface area contributed by atoms with Crippen molar-refractivity contribution in [3.63, 3.8) is 0 Å². The van der Waals surface area contributed by atoms with Crippen LogP contribution in [0, 0.1) is 0 Å². The van der Waals surface area contributed by atoms with Gasteiger partial charge in [-0.3, -0.25) is 15.1 Å². The molecule has 0 unspecified atom stereocenters. The summed E-state index contributed by atoms with van der Waals surface area (Å²) in [5.41, 5.74) is 3.70. The lowest BCUT2D eigenvalue weighted by Gasteiger charge is -2.10. The normalized spacial score (nSPS) is 12.7. The van der Waals surface area contributed by atoms with Gasteiger partial charge >= 0.3 is 0 Å². The van der Waals surface area contributed by atoms with Gasteiger partial charge in [0.1, 0.15) is 6.10 Å². The summed E-state index contributed by atoms with van der Waals surface area (Å²) in [6, 6.07) is 9.58. The van der Waals surface area contributed by atoms with Gasteiger partial charge in [-0.25, -0.2) is 0 Å². The number of nitrogens with one attached hydrogen (secondary N) is 1. The van der Waals surface area contributed by atoms with Crippen molar-refractivity contribution in [3.8, 4) is 0 Å². The number of hydrogen-bond acceptors (Lipinski definition) is 3. The maximum atomic E-state index is 10.7. The molecule has 0 bridgehead atoms. The van der Waals surface area contributed by atoms with Crippen molar-refractivity contribution in [2.45, 2.75) is 20.0 Å². The molecule has 0 aliphatic carbocycles. The summed E-state index contributed by atoms with van der Waals surface area (Å²) in [7, 11) is 0. The van der Waals surface area contributed by atoms with Gasteiger partial charge in [0.15, 0.2) is 5.78 Å². The van der Waals surface area contributed by atoms with E-state index in [0.717, 1.165) is 5.69 Å². The van der Waals surface area contributed by atoms with Crippen LogP contribution in [0.4, 0.5) is 5.69 Å². The van der Waals surface area contributed by atoms with Gasteiger partial charge in [0, 0.05) is 0 Å². The van der Waals surface area contributed by atoms with Crippen LogP contribution in [0.5, 0.6) is 0 Å². The third kappa shape index (κ3) is 4.98. The zero-order valence-electron chi connectivity index (χ0n) is 8.94. The van der Waals surface area contributed by atoms with Gasteiger partial charge in [0.05, 0.1) is 5.69 Å². The van der Waals surface area contributed by atoms with E-state index in [9.17, 15) is 4.79 Å². The van der Waals surface area contributed by atoms with E-state index in [-0.39, 0.29) is 11.9 Å². The average Bonchev–Trinajstić information content (AvgIpc) is 2.25. The number of carbonyl (C=O) groups excluding carboxylic acids is 1. The Hall–Kier alpha value is -1.61. The molecule has 3 nitrogen and oxygen atoms in total. The fraction of sp³-hybridized carbons (Fsp3) is 0.250. The summed E-state index contributed by atoms with van der Waals surface area (Å²) >= 11 is 0. The number of allylic oxidation sites excluding steroid dienone is 1. The first kappa shape index (κ1) is 11.5. The third-order valence-corrected chi connectivity index (χ3v) is 1.74. The highest BCUT2D eigenvalue weighted by Gasteiger charge is 1.97. The highest BCUT2D eigenvalue weighted by molar-refractivity contribution is 5.87. The number of rotatable bonds is 5. The van der Waals surface area contributed by atoms with Crippen LogP contribution in [0.2, 0.25) is 0 Å². The summed E-state index contributed by atoms with van der Waals surface area (Å²) < 4.78 is 0. The lowest BCUT2D eigenvalue weighted by molar-refractivity contribution is -0.112. The highest BCUT2D eigenvalue weighted by Crippen LogP contribution is 2.06. The standard InChI is InChI=1S/C12H15NO2/c1-10(14)8-9-11(2)15-13-12-6-4-3-5-7-12/h3-9,11,13H,1-2H3/b9-8+/t11-/m1/s1. The van der Waals surface area contributed by atoms with Crippen LogP contribution >= 0.6 is 0 Å². The average molecular weight is 205 g/mol. The van der Waals surface area contributed by atoms with Crippen LogP contribution in [-0.2, 0) is 9.63 Å². The molecule has 0 heterocycles. The van der Waals surface area contributed by atoms with Gasteiger partial charge < -0.3 is 0 Å². The number of para-hydroxylation sites is 1. The minimum Gasteiger partial charge on any atom is -0.295 e. The van der Waals surface area contributed by atoms with E-state index in [1.807, 2.05) is 37.3 Å². The van der Waals surface area contributed by atoms with Crippen LogP contribution in [0.25, 0.3) is 0 Å². The number of anilines is 1. The molecule has 1 atom stereocenters. The van der Waals surface area contributed by atoms with E-state index in [1.54, 1.807) is 6.08 Å². The Morgan fingerprint density at radius 3 is 2.67 bits per heavy atom. The summed E-state index contributed by atoms with van der Waals surface area (Å²) in [5, 5.41) is 0. The second kappa shape index (κ2) is 5.98. The Bertz CT molecular complexity index is 333. The van der Waals surface area contributed by atoms with Crippen molar-refractivity contribution in [2.75, 3.05) is 5.48 Å². The minimum atomic E-state index is -0.144. The largest absolute Gasteiger partial charge is 0.295 e. The highest BCUT2D eigenvalue weighted by atomic mass is 16.7. The second-order valence-corrected chi connectivity index (χ2v) is 3.26. The van der Waals surface area contributed by atoms with Crippen molar-refractivity contribution < 1.29 is 9.63 Å². The van der Waals surface area contributed by atoms with E-state index < -0.39 is 0 Å². The number of ketones is 1. The van der Waals surface area contributed by atoms with Gasteiger partial charge in [-0.05, 0) is 32.1 Å². The molecule has 0 aliphatic heterocycles. The summed E-state index contributed by atoms with van der Waals surface area (Å²) in [5.74, 6) is 0.0187. The zero-order valence-corrected chi connectivity index (χ0v) is 8.94. The van der Waals surface area contributed by atoms with E-state index in [4.69, 9.17) is 4.84 Å². The molecule has 0 saturated heterocycles. The fourth-order valence-electron chi connectivity index (χ4n) is 0.977. The SMILES string of the molecule is CC(=O)/C=C/[C@@H](C)ONc1ccccc1. The molecule has 0 radical (unpaired) electrons. The number of hydrogen-bond donors (Lipinski definition) is 1. The van der Waals surface area contributed by atoms with Crippen LogP contribution in [-0.4, -0.2) is 11.9 Å². The van der Waals surface area contributed by atoms with Gasteiger partial charge in [0.25, 0.3) is 0 Å². The molecule has 0 aliphatic rings. The van der Waals surface area contributed by atoms with Crippen molar-refractivity contribution in [1.82, 2.24) is 0 Å². The topological polar surface area (TPSA) is 38.3 Å².